The number of ether oxygens (including phenoxy) is 1. The molecule has 1 aliphatic heterocycles. The summed E-state index contributed by atoms with van der Waals surface area (Å²) in [5, 5.41) is 11.2. The second-order valence-electron chi connectivity index (χ2n) is 6.15. The van der Waals surface area contributed by atoms with Crippen molar-refractivity contribution < 1.29 is 14.3 Å². The van der Waals surface area contributed by atoms with E-state index in [0.29, 0.717) is 19.5 Å². The number of methoxy groups -OCH3 is 1. The molecule has 3 rings (SSSR count). The number of piperidine rings is 1. The smallest absolute Gasteiger partial charge is 0.305 e. The summed E-state index contributed by atoms with van der Waals surface area (Å²) in [5.41, 5.74) is 0.844. The van der Waals surface area contributed by atoms with Crippen LogP contribution in [0.3, 0.4) is 0 Å². The first-order valence-corrected chi connectivity index (χ1v) is 8.32. The van der Waals surface area contributed by atoms with Crippen molar-refractivity contribution in [2.24, 2.45) is 5.92 Å². The van der Waals surface area contributed by atoms with E-state index >= 15 is 0 Å². The molecule has 8 nitrogen and oxygen atoms in total. The summed E-state index contributed by atoms with van der Waals surface area (Å²) in [4.78, 5) is 26.3. The third-order valence-corrected chi connectivity index (χ3v) is 4.59. The second kappa shape index (κ2) is 7.87. The number of benzene rings is 1. The minimum Gasteiger partial charge on any atom is -0.469 e. The van der Waals surface area contributed by atoms with Gasteiger partial charge >= 0.3 is 5.97 Å². The highest BCUT2D eigenvalue weighted by Crippen LogP contribution is 2.25. The lowest BCUT2D eigenvalue weighted by Gasteiger charge is -2.33. The molecule has 1 saturated heterocycles. The molecule has 0 aliphatic carbocycles. The van der Waals surface area contributed by atoms with Gasteiger partial charge in [-0.25, -0.2) is 4.68 Å². The van der Waals surface area contributed by atoms with Crippen molar-refractivity contribution in [3.63, 3.8) is 0 Å². The van der Waals surface area contributed by atoms with Gasteiger partial charge in [-0.1, -0.05) is 30.3 Å². The fourth-order valence-corrected chi connectivity index (χ4v) is 3.18. The van der Waals surface area contributed by atoms with E-state index in [1.54, 1.807) is 0 Å². The van der Waals surface area contributed by atoms with Gasteiger partial charge in [0.1, 0.15) is 6.33 Å². The fraction of sp³-hybridized carbons (Fsp3) is 0.471. The maximum Gasteiger partial charge on any atom is 0.305 e. The number of nitrogens with zero attached hydrogens (tertiary/aromatic N) is 5. The van der Waals surface area contributed by atoms with Gasteiger partial charge in [0.2, 0.25) is 0 Å². The van der Waals surface area contributed by atoms with E-state index in [1.807, 2.05) is 35.2 Å². The fourth-order valence-electron chi connectivity index (χ4n) is 3.18. The number of hydrogen-bond donors (Lipinski definition) is 0. The van der Waals surface area contributed by atoms with E-state index in [1.165, 1.54) is 18.1 Å². The molecule has 0 radical (unpaired) electrons. The van der Waals surface area contributed by atoms with Crippen LogP contribution < -0.4 is 0 Å². The van der Waals surface area contributed by atoms with E-state index in [0.717, 1.165) is 18.4 Å². The number of hydrogen-bond acceptors (Lipinski definition) is 6. The van der Waals surface area contributed by atoms with Crippen LogP contribution in [0.5, 0.6) is 0 Å². The summed E-state index contributed by atoms with van der Waals surface area (Å²) in [6.07, 6.45) is 3.45. The first-order valence-electron chi connectivity index (χ1n) is 8.32. The minimum atomic E-state index is -0.576. The molecule has 1 aromatic carbocycles. The third-order valence-electron chi connectivity index (χ3n) is 4.59. The highest BCUT2D eigenvalue weighted by atomic mass is 16.5. The molecule has 0 bridgehead atoms. The number of amides is 1. The topological polar surface area (TPSA) is 90.2 Å². The van der Waals surface area contributed by atoms with Gasteiger partial charge in [0.05, 0.1) is 7.11 Å². The molecule has 1 atom stereocenters. The van der Waals surface area contributed by atoms with Gasteiger partial charge in [-0.05, 0) is 34.7 Å². The Bertz CT molecular complexity index is 696. The van der Waals surface area contributed by atoms with Gasteiger partial charge in [0, 0.05) is 19.5 Å². The number of carbonyl (C=O) groups is 2. The van der Waals surface area contributed by atoms with Crippen LogP contribution in [0, 0.1) is 5.92 Å². The summed E-state index contributed by atoms with van der Waals surface area (Å²) in [7, 11) is 1.40. The highest BCUT2D eigenvalue weighted by Gasteiger charge is 2.31. The molecule has 2 aromatic rings. The first-order chi connectivity index (χ1) is 12.2. The summed E-state index contributed by atoms with van der Waals surface area (Å²) < 4.78 is 6.21. The zero-order valence-electron chi connectivity index (χ0n) is 14.1. The summed E-state index contributed by atoms with van der Waals surface area (Å²) in [5.74, 6) is 0.0374. The van der Waals surface area contributed by atoms with Crippen LogP contribution in [0.4, 0.5) is 0 Å². The molecule has 1 aliphatic rings. The molecule has 132 valence electrons. The quantitative estimate of drug-likeness (QED) is 0.754. The number of tetrazole rings is 1. The number of esters is 1. The predicted molar refractivity (Wildman–Crippen MR) is 88.3 cm³/mol. The van der Waals surface area contributed by atoms with Crippen molar-refractivity contribution in [1.29, 1.82) is 0 Å². The molecule has 1 unspecified atom stereocenters. The van der Waals surface area contributed by atoms with Crippen LogP contribution in [0.2, 0.25) is 0 Å². The van der Waals surface area contributed by atoms with Gasteiger partial charge in [-0.15, -0.1) is 5.10 Å². The van der Waals surface area contributed by atoms with Crippen molar-refractivity contribution in [2.75, 3.05) is 20.2 Å². The number of rotatable bonds is 5. The van der Waals surface area contributed by atoms with Crippen LogP contribution >= 0.6 is 0 Å². The summed E-state index contributed by atoms with van der Waals surface area (Å²) in [6.45, 7) is 1.23. The Morgan fingerprint density at radius 2 is 1.96 bits per heavy atom. The Labute approximate surface area is 145 Å². The van der Waals surface area contributed by atoms with Crippen LogP contribution in [0.15, 0.2) is 36.7 Å². The summed E-state index contributed by atoms with van der Waals surface area (Å²) in [6, 6.07) is 8.91. The van der Waals surface area contributed by atoms with Crippen LogP contribution in [-0.4, -0.2) is 57.2 Å². The van der Waals surface area contributed by atoms with Crippen LogP contribution in [0.25, 0.3) is 0 Å². The molecule has 1 fully saturated rings. The van der Waals surface area contributed by atoms with Crippen molar-refractivity contribution in [3.05, 3.63) is 42.2 Å². The maximum atomic E-state index is 13.1. The van der Waals surface area contributed by atoms with Gasteiger partial charge in [0.15, 0.2) is 6.04 Å². The van der Waals surface area contributed by atoms with Crippen LogP contribution in [0.1, 0.15) is 30.9 Å². The molecule has 2 heterocycles. The Morgan fingerprint density at radius 3 is 2.56 bits per heavy atom. The molecule has 8 heteroatoms. The molecule has 0 N–H and O–H groups in total. The van der Waals surface area contributed by atoms with Gasteiger partial charge in [0.25, 0.3) is 5.91 Å². The Morgan fingerprint density at radius 1 is 1.24 bits per heavy atom. The van der Waals surface area contributed by atoms with E-state index in [-0.39, 0.29) is 17.8 Å². The van der Waals surface area contributed by atoms with Gasteiger partial charge in [-0.2, -0.15) is 0 Å². The number of aromatic nitrogens is 4. The van der Waals surface area contributed by atoms with E-state index < -0.39 is 6.04 Å². The lowest BCUT2D eigenvalue weighted by Crippen LogP contribution is -2.43. The monoisotopic (exact) mass is 343 g/mol. The molecule has 1 amide bonds. The normalized spacial score (nSPS) is 16.4. The summed E-state index contributed by atoms with van der Waals surface area (Å²) >= 11 is 0. The van der Waals surface area contributed by atoms with Gasteiger partial charge in [-0.3, -0.25) is 9.59 Å². The van der Waals surface area contributed by atoms with Crippen molar-refractivity contribution in [3.8, 4) is 0 Å². The van der Waals surface area contributed by atoms with E-state index in [2.05, 4.69) is 15.5 Å². The lowest BCUT2D eigenvalue weighted by atomic mass is 9.93. The molecule has 0 saturated carbocycles. The average Bonchev–Trinajstić information content (AvgIpc) is 3.17. The molecular weight excluding hydrogens is 322 g/mol. The lowest BCUT2D eigenvalue weighted by molar-refractivity contribution is -0.142. The van der Waals surface area contributed by atoms with E-state index in [4.69, 9.17) is 4.74 Å². The molecule has 1 aromatic heterocycles. The average molecular weight is 343 g/mol. The van der Waals surface area contributed by atoms with Gasteiger partial charge < -0.3 is 9.64 Å². The molecular formula is C17H21N5O3. The number of carbonyl (C=O) groups excluding carboxylic acids is 2. The zero-order valence-corrected chi connectivity index (χ0v) is 14.1. The first kappa shape index (κ1) is 17.1. The molecule has 25 heavy (non-hydrogen) atoms. The Balaban J connectivity index is 1.71. The maximum absolute atomic E-state index is 13.1. The van der Waals surface area contributed by atoms with Crippen LogP contribution in [-0.2, 0) is 14.3 Å². The second-order valence-corrected chi connectivity index (χ2v) is 6.15. The highest BCUT2D eigenvalue weighted by molar-refractivity contribution is 5.83. The third kappa shape index (κ3) is 4.01. The predicted octanol–water partition coefficient (Wildman–Crippen LogP) is 1.06. The van der Waals surface area contributed by atoms with Crippen molar-refractivity contribution >= 4 is 11.9 Å². The van der Waals surface area contributed by atoms with Crippen molar-refractivity contribution in [2.45, 2.75) is 25.3 Å². The zero-order chi connectivity index (χ0) is 17.6. The van der Waals surface area contributed by atoms with E-state index in [9.17, 15) is 9.59 Å². The van der Waals surface area contributed by atoms with Crippen molar-refractivity contribution in [1.82, 2.24) is 25.1 Å². The standard InChI is InChI=1S/C17H21N5O3/c1-25-15(23)11-13-7-9-21(10-8-13)17(24)16(22-12-18-19-20-22)14-5-3-2-4-6-14/h2-6,12-13,16H,7-11H2,1H3. The molecule has 0 spiro atoms. The largest absolute Gasteiger partial charge is 0.469 e. The Kier molecular flexibility index (Phi) is 5.37. The Hall–Kier alpha value is -2.77. The minimum absolute atomic E-state index is 0.0324. The number of likely N-dealkylation sites (tertiary alicyclic amines) is 1. The SMILES string of the molecule is COC(=O)CC1CCN(C(=O)C(c2ccccc2)n2cnnn2)CC1.